The molecule has 1 aliphatic rings. The molecule has 21 heavy (non-hydrogen) atoms. The topological polar surface area (TPSA) is 119 Å². The van der Waals surface area contributed by atoms with Gasteiger partial charge in [0.15, 0.2) is 0 Å². The van der Waals surface area contributed by atoms with Crippen LogP contribution in [0.15, 0.2) is 0 Å². The first-order valence-corrected chi connectivity index (χ1v) is 7.02. The largest absolute Gasteiger partial charge is 0.463 e. The van der Waals surface area contributed by atoms with Gasteiger partial charge in [-0.2, -0.15) is 15.0 Å². The number of rotatable bonds is 6. The highest BCUT2D eigenvalue weighted by Gasteiger charge is 2.28. The predicted octanol–water partition coefficient (Wildman–Crippen LogP) is -0.468. The number of aliphatic hydroxyl groups is 1. The minimum Gasteiger partial charge on any atom is -0.463 e. The van der Waals surface area contributed by atoms with Crippen molar-refractivity contribution in [3.8, 4) is 6.01 Å². The van der Waals surface area contributed by atoms with Crippen LogP contribution < -0.4 is 20.9 Å². The van der Waals surface area contributed by atoms with Crippen molar-refractivity contribution in [2.75, 3.05) is 36.7 Å². The van der Waals surface area contributed by atoms with Crippen LogP contribution in [0.1, 0.15) is 20.3 Å². The SMILES string of the molecule is CCCOc1nc(NN)nc(N2CC(CO)OCC2C)n1. The zero-order valence-electron chi connectivity index (χ0n) is 12.3. The number of nitrogens with two attached hydrogens (primary N) is 1. The highest BCUT2D eigenvalue weighted by molar-refractivity contribution is 5.39. The Morgan fingerprint density at radius 2 is 2.29 bits per heavy atom. The smallest absolute Gasteiger partial charge is 0.323 e. The lowest BCUT2D eigenvalue weighted by molar-refractivity contribution is -0.0108. The van der Waals surface area contributed by atoms with E-state index in [9.17, 15) is 5.11 Å². The maximum Gasteiger partial charge on any atom is 0.323 e. The van der Waals surface area contributed by atoms with Crippen LogP contribution in [0.25, 0.3) is 0 Å². The van der Waals surface area contributed by atoms with Gasteiger partial charge in [-0.25, -0.2) is 5.84 Å². The molecular weight excluding hydrogens is 276 g/mol. The van der Waals surface area contributed by atoms with Crippen molar-refractivity contribution in [3.05, 3.63) is 0 Å². The van der Waals surface area contributed by atoms with E-state index in [0.29, 0.717) is 25.7 Å². The number of hydrogen-bond donors (Lipinski definition) is 3. The minimum atomic E-state index is -0.257. The fourth-order valence-electron chi connectivity index (χ4n) is 2.00. The second-order valence-electron chi connectivity index (χ2n) is 4.87. The molecule has 0 saturated carbocycles. The van der Waals surface area contributed by atoms with Gasteiger partial charge in [0.25, 0.3) is 0 Å². The summed E-state index contributed by atoms with van der Waals surface area (Å²) in [6.07, 6.45) is 0.597. The summed E-state index contributed by atoms with van der Waals surface area (Å²) < 4.78 is 11.0. The number of nitrogens with one attached hydrogen (secondary N) is 1. The van der Waals surface area contributed by atoms with Crippen LogP contribution in [0.4, 0.5) is 11.9 Å². The lowest BCUT2D eigenvalue weighted by atomic mass is 10.2. The first-order valence-electron chi connectivity index (χ1n) is 7.02. The van der Waals surface area contributed by atoms with Crippen molar-refractivity contribution >= 4 is 11.9 Å². The van der Waals surface area contributed by atoms with Gasteiger partial charge in [-0.05, 0) is 13.3 Å². The number of hydrogen-bond acceptors (Lipinski definition) is 9. The average molecular weight is 298 g/mol. The monoisotopic (exact) mass is 298 g/mol. The average Bonchev–Trinajstić information content (AvgIpc) is 2.53. The maximum atomic E-state index is 9.25. The Hall–Kier alpha value is -1.71. The van der Waals surface area contributed by atoms with Crippen LogP contribution in [0.3, 0.4) is 0 Å². The molecule has 1 aromatic rings. The van der Waals surface area contributed by atoms with Gasteiger partial charge >= 0.3 is 6.01 Å². The molecule has 4 N–H and O–H groups in total. The molecule has 1 fully saturated rings. The van der Waals surface area contributed by atoms with Crippen molar-refractivity contribution in [1.82, 2.24) is 15.0 Å². The van der Waals surface area contributed by atoms with Gasteiger partial charge in [0.05, 0.1) is 32.0 Å². The number of nitrogens with zero attached hydrogens (tertiary/aromatic N) is 4. The summed E-state index contributed by atoms with van der Waals surface area (Å²) in [6, 6.07) is 0.314. The minimum absolute atomic E-state index is 0.0461. The summed E-state index contributed by atoms with van der Waals surface area (Å²) in [4.78, 5) is 14.6. The number of aromatic nitrogens is 3. The number of nitrogen functional groups attached to an aromatic ring is 1. The molecule has 0 radical (unpaired) electrons. The van der Waals surface area contributed by atoms with Gasteiger partial charge in [-0.15, -0.1) is 0 Å². The molecule has 2 rings (SSSR count). The van der Waals surface area contributed by atoms with E-state index in [-0.39, 0.29) is 30.7 Å². The number of anilines is 2. The summed E-state index contributed by atoms with van der Waals surface area (Å²) in [7, 11) is 0. The van der Waals surface area contributed by atoms with E-state index in [1.54, 1.807) is 0 Å². The van der Waals surface area contributed by atoms with Crippen LogP contribution in [0.2, 0.25) is 0 Å². The molecule has 9 nitrogen and oxygen atoms in total. The normalized spacial score (nSPS) is 22.2. The van der Waals surface area contributed by atoms with Gasteiger partial charge in [-0.1, -0.05) is 6.92 Å². The Balaban J connectivity index is 2.23. The Labute approximate surface area is 123 Å². The lowest BCUT2D eigenvalue weighted by Crippen LogP contribution is -2.50. The molecular formula is C12H22N6O3. The van der Waals surface area contributed by atoms with E-state index in [2.05, 4.69) is 20.4 Å². The number of hydrazine groups is 1. The van der Waals surface area contributed by atoms with Crippen molar-refractivity contribution < 1.29 is 14.6 Å². The van der Waals surface area contributed by atoms with Crippen molar-refractivity contribution in [2.45, 2.75) is 32.4 Å². The molecule has 0 amide bonds. The second-order valence-corrected chi connectivity index (χ2v) is 4.87. The third-order valence-corrected chi connectivity index (χ3v) is 3.13. The van der Waals surface area contributed by atoms with Crippen molar-refractivity contribution in [3.63, 3.8) is 0 Å². The number of morpholine rings is 1. The second kappa shape index (κ2) is 7.34. The molecule has 0 aromatic carbocycles. The van der Waals surface area contributed by atoms with Crippen LogP contribution in [-0.2, 0) is 4.74 Å². The maximum absolute atomic E-state index is 9.25. The van der Waals surface area contributed by atoms with Crippen LogP contribution in [0.5, 0.6) is 6.01 Å². The Kier molecular flexibility index (Phi) is 5.48. The first-order chi connectivity index (χ1) is 10.2. The van der Waals surface area contributed by atoms with Crippen LogP contribution in [-0.4, -0.2) is 58.6 Å². The van der Waals surface area contributed by atoms with Gasteiger partial charge in [0, 0.05) is 6.54 Å². The van der Waals surface area contributed by atoms with E-state index in [1.807, 2.05) is 18.7 Å². The quantitative estimate of drug-likeness (QED) is 0.473. The summed E-state index contributed by atoms with van der Waals surface area (Å²) >= 11 is 0. The molecule has 2 unspecified atom stereocenters. The third kappa shape index (κ3) is 3.90. The van der Waals surface area contributed by atoms with Crippen LogP contribution in [0, 0.1) is 0 Å². The highest BCUT2D eigenvalue weighted by Crippen LogP contribution is 2.21. The lowest BCUT2D eigenvalue weighted by Gasteiger charge is -2.37. The molecule has 2 heterocycles. The Bertz CT molecular complexity index is 461. The molecule has 1 aromatic heterocycles. The first kappa shape index (κ1) is 15.7. The standard InChI is InChI=1S/C12H22N6O3/c1-3-4-20-12-15-10(17-13)14-11(16-12)18-5-9(6-19)21-7-8(18)2/h8-9,19H,3-7,13H2,1-2H3,(H,14,15,16,17). The highest BCUT2D eigenvalue weighted by atomic mass is 16.5. The summed E-state index contributed by atoms with van der Waals surface area (Å²) in [5.41, 5.74) is 2.41. The zero-order chi connectivity index (χ0) is 15.2. The zero-order valence-corrected chi connectivity index (χ0v) is 12.3. The summed E-state index contributed by atoms with van der Waals surface area (Å²) in [5.74, 6) is 6.09. The summed E-state index contributed by atoms with van der Waals surface area (Å²) in [6.45, 7) is 5.47. The van der Waals surface area contributed by atoms with E-state index >= 15 is 0 Å². The van der Waals surface area contributed by atoms with Crippen molar-refractivity contribution in [2.24, 2.45) is 5.84 Å². The van der Waals surface area contributed by atoms with Crippen molar-refractivity contribution in [1.29, 1.82) is 0 Å². The molecule has 2 atom stereocenters. The molecule has 0 spiro atoms. The molecule has 1 saturated heterocycles. The van der Waals surface area contributed by atoms with Gasteiger partial charge in [-0.3, -0.25) is 5.43 Å². The molecule has 0 bridgehead atoms. The van der Waals surface area contributed by atoms with E-state index in [1.165, 1.54) is 0 Å². The molecule has 118 valence electrons. The van der Waals surface area contributed by atoms with E-state index in [0.717, 1.165) is 6.42 Å². The fourth-order valence-corrected chi connectivity index (χ4v) is 2.00. The summed E-state index contributed by atoms with van der Waals surface area (Å²) in [5, 5.41) is 9.25. The Morgan fingerprint density at radius 3 is 2.95 bits per heavy atom. The number of ether oxygens (including phenoxy) is 2. The molecule has 1 aliphatic heterocycles. The number of aliphatic hydroxyl groups excluding tert-OH is 1. The van der Waals surface area contributed by atoms with E-state index in [4.69, 9.17) is 15.3 Å². The van der Waals surface area contributed by atoms with Gasteiger partial charge in [0.1, 0.15) is 0 Å². The Morgan fingerprint density at radius 1 is 1.48 bits per heavy atom. The van der Waals surface area contributed by atoms with Gasteiger partial charge < -0.3 is 19.5 Å². The molecule has 0 aliphatic carbocycles. The predicted molar refractivity (Wildman–Crippen MR) is 77.1 cm³/mol. The third-order valence-electron chi connectivity index (χ3n) is 3.13. The van der Waals surface area contributed by atoms with Crippen LogP contribution >= 0.6 is 0 Å². The fraction of sp³-hybridized carbons (Fsp3) is 0.750. The van der Waals surface area contributed by atoms with E-state index < -0.39 is 0 Å². The molecule has 9 heteroatoms. The van der Waals surface area contributed by atoms with Gasteiger partial charge in [0.2, 0.25) is 11.9 Å².